The molecule has 17 heteroatoms. The fourth-order valence-corrected chi connectivity index (χ4v) is 6.69. The van der Waals surface area contributed by atoms with E-state index in [4.69, 9.17) is 23.4 Å². The van der Waals surface area contributed by atoms with Gasteiger partial charge in [0.15, 0.2) is 22.7 Å². The Kier molecular flexibility index (Phi) is 14.4. The number of carboxylic acids is 1. The number of rotatable bonds is 8. The van der Waals surface area contributed by atoms with E-state index in [0.717, 1.165) is 69.1 Å². The summed E-state index contributed by atoms with van der Waals surface area (Å²) >= 11 is 0. The summed E-state index contributed by atoms with van der Waals surface area (Å²) in [5.74, 6) is 1.63. The highest BCUT2D eigenvalue weighted by molar-refractivity contribution is 5.95. The van der Waals surface area contributed by atoms with Crippen LogP contribution in [0.1, 0.15) is 35.1 Å². The van der Waals surface area contributed by atoms with Crippen LogP contribution in [-0.4, -0.2) is 82.1 Å². The number of aromatic nitrogens is 2. The molecule has 0 saturated carbocycles. The lowest BCUT2D eigenvalue weighted by Crippen LogP contribution is -2.55. The summed E-state index contributed by atoms with van der Waals surface area (Å²) in [6, 6.07) is 19.4. The highest BCUT2D eigenvalue weighted by atomic mass is 35.5. The number of benzene rings is 2. The number of fused-ring (bicyclic) bond motifs is 4. The lowest BCUT2D eigenvalue weighted by atomic mass is 10.0. The molecule has 3 amide bonds. The molecule has 0 spiro atoms. The highest BCUT2D eigenvalue weighted by Gasteiger charge is 2.32. The molecule has 10 rings (SSSR count). The molecule has 8 heterocycles. The number of aliphatic carboxylic acids is 1. The Labute approximate surface area is 362 Å². The first-order valence-corrected chi connectivity index (χ1v) is 19.2. The van der Waals surface area contributed by atoms with Crippen LogP contribution in [0.4, 0.5) is 11.6 Å². The molecule has 2 fully saturated rings. The smallest absolute Gasteiger partial charge is 0.328 e. The fraction of sp³-hybridized carbons (Fsp3) is 0.227. The minimum atomic E-state index is -0.994. The number of carboxylic acid groups (broad SMARTS) is 1. The third kappa shape index (κ3) is 10.9. The molecule has 4 aliphatic heterocycles. The molecule has 4 N–H and O–H groups in total. The van der Waals surface area contributed by atoms with E-state index in [2.05, 4.69) is 25.9 Å². The number of pyridine rings is 2. The van der Waals surface area contributed by atoms with E-state index in [9.17, 15) is 19.2 Å². The quantitative estimate of drug-likeness (QED) is 0.118. The van der Waals surface area contributed by atoms with Gasteiger partial charge in [-0.2, -0.15) is 0 Å². The molecule has 0 bridgehead atoms. The van der Waals surface area contributed by atoms with Crippen molar-refractivity contribution < 1.29 is 42.6 Å². The van der Waals surface area contributed by atoms with Crippen molar-refractivity contribution in [2.45, 2.75) is 37.9 Å². The summed E-state index contributed by atoms with van der Waals surface area (Å²) in [6.45, 7) is 2.93. The van der Waals surface area contributed by atoms with Gasteiger partial charge in [0, 0.05) is 61.2 Å². The van der Waals surface area contributed by atoms with Crippen molar-refractivity contribution in [1.29, 1.82) is 0 Å². The number of amides is 3. The van der Waals surface area contributed by atoms with Gasteiger partial charge < -0.3 is 44.3 Å². The minimum absolute atomic E-state index is 0. The molecule has 0 atom stereocenters. The molecule has 61 heavy (non-hydrogen) atoms. The summed E-state index contributed by atoms with van der Waals surface area (Å²) in [4.78, 5) is 55.3. The summed E-state index contributed by atoms with van der Waals surface area (Å²) < 4.78 is 22.6. The lowest BCUT2D eigenvalue weighted by Gasteiger charge is -2.38. The minimum Gasteiger partial charge on any atom is -0.484 e. The Bertz CT molecular complexity index is 2600. The lowest BCUT2D eigenvalue weighted by molar-refractivity contribution is -0.134. The van der Waals surface area contributed by atoms with E-state index in [1.807, 2.05) is 60.7 Å². The number of ether oxygens (including phenoxy) is 2. The maximum absolute atomic E-state index is 12.4. The molecular weight excluding hydrogens is 827 g/mol. The number of para-hydroxylation sites is 2. The molecule has 2 aromatic carbocycles. The molecule has 0 radical (unpaired) electrons. The largest absolute Gasteiger partial charge is 0.484 e. The van der Waals surface area contributed by atoms with Gasteiger partial charge in [0.2, 0.25) is 17.7 Å². The summed E-state index contributed by atoms with van der Waals surface area (Å²) in [7, 11) is 0. The Hall–Kier alpha value is -6.68. The van der Waals surface area contributed by atoms with Crippen LogP contribution in [-0.2, 0) is 32.0 Å². The molecule has 4 aromatic heterocycles. The number of nitrogens with zero attached hydrogens (tertiary/aromatic N) is 3. The number of hydrogen-bond donors (Lipinski definition) is 4. The molecule has 0 unspecified atom stereocenters. The topological polar surface area (TPSA) is 198 Å². The van der Waals surface area contributed by atoms with Crippen LogP contribution in [0.2, 0.25) is 0 Å². The molecule has 15 nitrogen and oxygen atoms in total. The van der Waals surface area contributed by atoms with Crippen LogP contribution in [0.15, 0.2) is 107 Å². The van der Waals surface area contributed by atoms with Crippen LogP contribution in [0, 0.1) is 0 Å². The predicted molar refractivity (Wildman–Crippen MR) is 233 cm³/mol. The number of carbonyl (C=O) groups is 4. The van der Waals surface area contributed by atoms with Crippen molar-refractivity contribution in [2.75, 3.05) is 36.8 Å². The first kappa shape index (κ1) is 43.9. The molecule has 6 aromatic rings. The Morgan fingerprint density at radius 1 is 0.705 bits per heavy atom. The average Bonchev–Trinajstić information content (AvgIpc) is 3.90. The highest BCUT2D eigenvalue weighted by Crippen LogP contribution is 2.30. The zero-order chi connectivity index (χ0) is 40.7. The van der Waals surface area contributed by atoms with Gasteiger partial charge in [-0.05, 0) is 83.6 Å². The van der Waals surface area contributed by atoms with Gasteiger partial charge in [0.1, 0.15) is 23.8 Å². The van der Waals surface area contributed by atoms with E-state index in [1.165, 1.54) is 12.3 Å². The van der Waals surface area contributed by atoms with Gasteiger partial charge in [0.25, 0.3) is 0 Å². The molecule has 0 aliphatic carbocycles. The van der Waals surface area contributed by atoms with E-state index in [0.29, 0.717) is 62.3 Å². The van der Waals surface area contributed by atoms with Gasteiger partial charge >= 0.3 is 5.97 Å². The molecule has 4 aliphatic rings. The first-order chi connectivity index (χ1) is 28.7. The van der Waals surface area contributed by atoms with Crippen molar-refractivity contribution in [3.63, 3.8) is 0 Å². The number of anilines is 2. The molecular formula is C44H42Cl2N6O9. The van der Waals surface area contributed by atoms with E-state index in [1.54, 1.807) is 35.8 Å². The van der Waals surface area contributed by atoms with Gasteiger partial charge in [-0.25, -0.2) is 14.8 Å². The van der Waals surface area contributed by atoms with Crippen LogP contribution < -0.4 is 25.4 Å². The maximum Gasteiger partial charge on any atom is 0.328 e. The zero-order valence-electron chi connectivity index (χ0n) is 32.6. The Morgan fingerprint density at radius 2 is 1.21 bits per heavy atom. The van der Waals surface area contributed by atoms with Gasteiger partial charge in [0.05, 0.1) is 25.6 Å². The van der Waals surface area contributed by atoms with E-state index in [-0.39, 0.29) is 48.6 Å². The normalized spacial score (nSPS) is 15.6. The van der Waals surface area contributed by atoms with Crippen LogP contribution >= 0.6 is 24.8 Å². The Balaban J connectivity index is 0.000000165. The second kappa shape index (κ2) is 20.1. The maximum atomic E-state index is 12.4. The Morgan fingerprint density at radius 3 is 1.70 bits per heavy atom. The zero-order valence-corrected chi connectivity index (χ0v) is 34.2. The summed E-state index contributed by atoms with van der Waals surface area (Å²) in [5, 5.41) is 19.2. The number of halogens is 2. The van der Waals surface area contributed by atoms with Crippen molar-refractivity contribution in [2.24, 2.45) is 0 Å². The number of furan rings is 2. The van der Waals surface area contributed by atoms with Gasteiger partial charge in [-0.15, -0.1) is 24.8 Å². The number of likely N-dealkylation sites (tertiary alicyclic amines) is 1. The van der Waals surface area contributed by atoms with Crippen molar-refractivity contribution >= 4 is 94.2 Å². The monoisotopic (exact) mass is 868 g/mol. The third-order valence-corrected chi connectivity index (χ3v) is 9.95. The number of aryl methyl sites for hydroxylation is 2. The van der Waals surface area contributed by atoms with Crippen LogP contribution in [0.3, 0.4) is 0 Å². The average molecular weight is 870 g/mol. The summed E-state index contributed by atoms with van der Waals surface area (Å²) in [5.41, 5.74) is 5.06. The van der Waals surface area contributed by atoms with Crippen LogP contribution in [0.25, 0.3) is 34.1 Å². The van der Waals surface area contributed by atoms with Crippen LogP contribution in [0.5, 0.6) is 11.5 Å². The first-order valence-electron chi connectivity index (χ1n) is 19.2. The van der Waals surface area contributed by atoms with E-state index < -0.39 is 5.97 Å². The van der Waals surface area contributed by atoms with Gasteiger partial charge in [-0.3, -0.25) is 14.4 Å². The summed E-state index contributed by atoms with van der Waals surface area (Å²) in [6.07, 6.45) is 14.8. The predicted octanol–water partition coefficient (Wildman–Crippen LogP) is 6.71. The van der Waals surface area contributed by atoms with Crippen molar-refractivity contribution in [3.05, 3.63) is 120 Å². The number of hydrogen-bond acceptors (Lipinski definition) is 11. The van der Waals surface area contributed by atoms with Crippen molar-refractivity contribution in [1.82, 2.24) is 20.2 Å². The second-order valence-electron chi connectivity index (χ2n) is 14.2. The fourth-order valence-electron chi connectivity index (χ4n) is 6.69. The van der Waals surface area contributed by atoms with Crippen molar-refractivity contribution in [3.8, 4) is 11.5 Å². The SMILES string of the molecule is Cl.Cl.O=C(O)/C=C/c1cnc2c(c1)CCC(=O)N2.O=C1CCc2cc(/C=C/C(=O)N3CC(Oc4cccc5ccoc45)C3)cnc2N1.c1cc(OC2CNC2)c2occc2c1. The number of carbonyl (C=O) groups excluding carboxylic acids is 3. The third-order valence-electron chi connectivity index (χ3n) is 9.95. The standard InChI is InChI=1S/C22H19N3O4.C11H10N2O3.C11H11NO2.2ClH/c26-19-6-5-16-10-14(11-23-22(16)24-19)4-7-20(27)25-12-17(13-25)29-18-3-1-2-15-8-9-28-21(15)18;14-9-3-2-8-5-7(1-4-10(15)16)6-12-11(8)13-9;1-2-8-4-5-13-11(8)10(3-1)14-9-6-12-7-9;;/h1-4,7-11,17H,5-6,12-13H2,(H,23,24,26);1,4-6H,2-3H2,(H,15,16)(H,12,13,14);1-5,9,12H,6-7H2;2*1H/b7-4+;4-1+;;;. The van der Waals surface area contributed by atoms with E-state index >= 15 is 0 Å². The van der Waals surface area contributed by atoms with Gasteiger partial charge in [-0.1, -0.05) is 24.3 Å². The number of nitrogens with one attached hydrogen (secondary N) is 3. The molecule has 2 saturated heterocycles. The second-order valence-corrected chi connectivity index (χ2v) is 14.2. The molecule has 316 valence electrons.